The van der Waals surface area contributed by atoms with Crippen LogP contribution in [-0.2, 0) is 10.1 Å². The third-order valence-corrected chi connectivity index (χ3v) is 4.18. The Balaban J connectivity index is 0. The fourth-order valence-electron chi connectivity index (χ4n) is 1.78. The Kier molecular flexibility index (Phi) is 13.9. The van der Waals surface area contributed by atoms with Crippen LogP contribution in [0.4, 0.5) is 0 Å². The zero-order valence-electron chi connectivity index (χ0n) is 11.2. The monoisotopic (exact) mass is 290 g/mol. The van der Waals surface area contributed by atoms with Crippen molar-refractivity contribution in [1.29, 1.82) is 0 Å². The largest absolute Gasteiger partial charge is 1.00 e. The van der Waals surface area contributed by atoms with Crippen LogP contribution in [-0.4, -0.2) is 29.4 Å². The van der Waals surface area contributed by atoms with Crippen molar-refractivity contribution < 1.29 is 69.5 Å². The molecule has 0 aromatic rings. The third kappa shape index (κ3) is 11.1. The van der Waals surface area contributed by atoms with Gasteiger partial charge in [-0.2, -0.15) is 0 Å². The molecule has 0 amide bonds. The Hall–Kier alpha value is 1.51. The topological polar surface area (TPSA) is 77.4 Å². The molecular formula is C11H23KO4S. The van der Waals surface area contributed by atoms with E-state index in [1.165, 1.54) is 0 Å². The van der Waals surface area contributed by atoms with Crippen LogP contribution in [0.1, 0.15) is 58.8 Å². The summed E-state index contributed by atoms with van der Waals surface area (Å²) < 4.78 is 32.4. The Labute approximate surface area is 148 Å². The van der Waals surface area contributed by atoms with E-state index in [1.807, 2.05) is 6.92 Å². The molecule has 2 unspecified atom stereocenters. The van der Waals surface area contributed by atoms with Crippen LogP contribution in [0.5, 0.6) is 0 Å². The third-order valence-electron chi connectivity index (χ3n) is 2.80. The van der Waals surface area contributed by atoms with E-state index < -0.39 is 15.4 Å². The number of hydrogen-bond donors (Lipinski definition) is 1. The van der Waals surface area contributed by atoms with Gasteiger partial charge in [0.25, 0.3) is 0 Å². The van der Waals surface area contributed by atoms with E-state index in [0.717, 1.165) is 19.3 Å². The van der Waals surface area contributed by atoms with Gasteiger partial charge in [0.15, 0.2) is 0 Å². The molecule has 0 bridgehead atoms. The standard InChI is InChI=1S/C11H24O4S.K/c1-3-7-10(12)8-5-6-9-11(4-2)16(13,14)15;/h10-12H,3-9H2,1-2H3,(H,13,14,15);/q;+1/p-1. The minimum atomic E-state index is -4.14. The van der Waals surface area contributed by atoms with E-state index in [0.29, 0.717) is 25.7 Å². The van der Waals surface area contributed by atoms with Crippen molar-refractivity contribution in [2.24, 2.45) is 0 Å². The maximum atomic E-state index is 10.8. The van der Waals surface area contributed by atoms with Crippen LogP contribution in [0.15, 0.2) is 0 Å². The van der Waals surface area contributed by atoms with Gasteiger partial charge in [-0.15, -0.1) is 0 Å². The Morgan fingerprint density at radius 3 is 2.06 bits per heavy atom. The van der Waals surface area contributed by atoms with Crippen molar-refractivity contribution in [1.82, 2.24) is 0 Å². The van der Waals surface area contributed by atoms with Gasteiger partial charge in [0.05, 0.1) is 16.2 Å². The summed E-state index contributed by atoms with van der Waals surface area (Å²) in [6.07, 6.45) is 4.43. The summed E-state index contributed by atoms with van der Waals surface area (Å²) >= 11 is 0. The Morgan fingerprint density at radius 2 is 1.65 bits per heavy atom. The Morgan fingerprint density at radius 1 is 1.12 bits per heavy atom. The first-order valence-corrected chi connectivity index (χ1v) is 7.51. The maximum Gasteiger partial charge on any atom is 1.00 e. The predicted molar refractivity (Wildman–Crippen MR) is 63.2 cm³/mol. The van der Waals surface area contributed by atoms with E-state index in [9.17, 15) is 18.1 Å². The van der Waals surface area contributed by atoms with Gasteiger partial charge in [0, 0.05) is 5.25 Å². The van der Waals surface area contributed by atoms with Crippen LogP contribution in [0.25, 0.3) is 0 Å². The van der Waals surface area contributed by atoms with Crippen molar-refractivity contribution in [3.8, 4) is 0 Å². The summed E-state index contributed by atoms with van der Waals surface area (Å²) in [7, 11) is -4.14. The second kappa shape index (κ2) is 11.3. The molecule has 0 fully saturated rings. The minimum absolute atomic E-state index is 0. The van der Waals surface area contributed by atoms with Gasteiger partial charge in [-0.3, -0.25) is 0 Å². The molecule has 0 aromatic carbocycles. The fourth-order valence-corrected chi connectivity index (χ4v) is 2.65. The van der Waals surface area contributed by atoms with E-state index in [2.05, 4.69) is 0 Å². The second-order valence-corrected chi connectivity index (χ2v) is 5.90. The average Bonchev–Trinajstić information content (AvgIpc) is 2.16. The van der Waals surface area contributed by atoms with Crippen LogP contribution >= 0.6 is 0 Å². The molecule has 6 heteroatoms. The first kappa shape index (κ1) is 20.8. The quantitative estimate of drug-likeness (QED) is 0.337. The van der Waals surface area contributed by atoms with Gasteiger partial charge < -0.3 is 9.66 Å². The Bertz CT molecular complexity index is 267. The molecule has 98 valence electrons. The smallest absolute Gasteiger partial charge is 0.748 e. The van der Waals surface area contributed by atoms with Gasteiger partial charge in [-0.05, 0) is 25.7 Å². The van der Waals surface area contributed by atoms with Gasteiger partial charge in [-0.1, -0.05) is 33.1 Å². The maximum absolute atomic E-state index is 10.8. The van der Waals surface area contributed by atoms with Crippen LogP contribution < -0.4 is 51.4 Å². The molecule has 0 saturated carbocycles. The SMILES string of the molecule is CCCC(O)CCCCC(CC)S(=O)(=O)[O-].[K+]. The molecule has 0 saturated heterocycles. The first-order valence-electron chi connectivity index (χ1n) is 6.04. The molecule has 0 radical (unpaired) electrons. The molecule has 0 aliphatic carbocycles. The molecule has 0 heterocycles. The van der Waals surface area contributed by atoms with Gasteiger partial charge >= 0.3 is 51.4 Å². The number of rotatable bonds is 9. The van der Waals surface area contributed by atoms with Gasteiger partial charge in [0.2, 0.25) is 0 Å². The van der Waals surface area contributed by atoms with Crippen LogP contribution in [0.3, 0.4) is 0 Å². The molecule has 4 nitrogen and oxygen atoms in total. The van der Waals surface area contributed by atoms with E-state index >= 15 is 0 Å². The zero-order valence-corrected chi connectivity index (χ0v) is 15.1. The number of aliphatic hydroxyl groups is 1. The normalized spacial score (nSPS) is 15.1. The number of aliphatic hydroxyl groups excluding tert-OH is 1. The van der Waals surface area contributed by atoms with Crippen LogP contribution in [0.2, 0.25) is 0 Å². The van der Waals surface area contributed by atoms with E-state index in [-0.39, 0.29) is 57.5 Å². The summed E-state index contributed by atoms with van der Waals surface area (Å²) in [6.45, 7) is 3.73. The van der Waals surface area contributed by atoms with Crippen molar-refractivity contribution in [3.05, 3.63) is 0 Å². The molecule has 2 atom stereocenters. The van der Waals surface area contributed by atoms with Gasteiger partial charge in [0.1, 0.15) is 0 Å². The number of hydrogen-bond acceptors (Lipinski definition) is 4. The van der Waals surface area contributed by atoms with Crippen LogP contribution in [0, 0.1) is 0 Å². The van der Waals surface area contributed by atoms with Crippen molar-refractivity contribution in [2.45, 2.75) is 70.1 Å². The second-order valence-electron chi connectivity index (χ2n) is 4.25. The molecule has 0 aliphatic heterocycles. The predicted octanol–water partition coefficient (Wildman–Crippen LogP) is -0.964. The van der Waals surface area contributed by atoms with E-state index in [4.69, 9.17) is 0 Å². The molecule has 0 aliphatic rings. The summed E-state index contributed by atoms with van der Waals surface area (Å²) in [6, 6.07) is 0. The molecular weight excluding hydrogens is 267 g/mol. The summed E-state index contributed by atoms with van der Waals surface area (Å²) in [5.74, 6) is 0. The number of unbranched alkanes of at least 4 members (excludes halogenated alkanes) is 1. The molecule has 1 N–H and O–H groups in total. The molecule has 0 spiro atoms. The summed E-state index contributed by atoms with van der Waals surface area (Å²) in [5, 5.41) is 8.70. The minimum Gasteiger partial charge on any atom is -0.748 e. The molecule has 0 rings (SSSR count). The summed E-state index contributed by atoms with van der Waals surface area (Å²) in [4.78, 5) is 0. The van der Waals surface area contributed by atoms with Crippen molar-refractivity contribution in [2.75, 3.05) is 0 Å². The van der Waals surface area contributed by atoms with E-state index in [1.54, 1.807) is 6.92 Å². The first-order chi connectivity index (χ1) is 7.41. The zero-order chi connectivity index (χ0) is 12.6. The van der Waals surface area contributed by atoms with Gasteiger partial charge in [-0.25, -0.2) is 8.42 Å². The molecule has 0 aromatic heterocycles. The van der Waals surface area contributed by atoms with Crippen molar-refractivity contribution in [3.63, 3.8) is 0 Å². The summed E-state index contributed by atoms with van der Waals surface area (Å²) in [5.41, 5.74) is 0. The molecule has 17 heavy (non-hydrogen) atoms. The van der Waals surface area contributed by atoms with Crippen molar-refractivity contribution >= 4 is 10.1 Å². The average molecular weight is 290 g/mol. The fraction of sp³-hybridized carbons (Fsp3) is 1.00.